The van der Waals surface area contributed by atoms with Gasteiger partial charge in [0.25, 0.3) is 0 Å². The van der Waals surface area contributed by atoms with Crippen molar-refractivity contribution in [2.45, 2.75) is 13.8 Å². The van der Waals surface area contributed by atoms with E-state index in [0.717, 1.165) is 34.0 Å². The number of para-hydroxylation sites is 1. The van der Waals surface area contributed by atoms with E-state index in [1.807, 2.05) is 60.9 Å². The second-order valence-corrected chi connectivity index (χ2v) is 6.79. The van der Waals surface area contributed by atoms with Gasteiger partial charge in [0.15, 0.2) is 5.82 Å². The first-order chi connectivity index (χ1) is 15.2. The van der Waals surface area contributed by atoms with Crippen molar-refractivity contribution in [3.05, 3.63) is 66.5 Å². The minimum atomic E-state index is 0.469. The van der Waals surface area contributed by atoms with Crippen LogP contribution in [0.2, 0.25) is 0 Å². The van der Waals surface area contributed by atoms with Crippen LogP contribution in [0, 0.1) is 6.92 Å². The van der Waals surface area contributed by atoms with Crippen LogP contribution in [0.15, 0.2) is 60.7 Å². The van der Waals surface area contributed by atoms with E-state index in [0.29, 0.717) is 24.2 Å². The molecule has 0 atom stereocenters. The molecule has 2 heterocycles. The fraction of sp³-hybridized carbons (Fsp3) is 0.208. The maximum atomic E-state index is 5.77. The SMILES string of the molecule is CCOc1nc(OC)ccc1-n1c(C)nnc1-c1ccc(-c2ccccc2OC)cc1. The van der Waals surface area contributed by atoms with Crippen molar-refractivity contribution in [2.75, 3.05) is 20.8 Å². The smallest absolute Gasteiger partial charge is 0.241 e. The summed E-state index contributed by atoms with van der Waals surface area (Å²) in [6, 6.07) is 19.8. The topological polar surface area (TPSA) is 71.3 Å². The third-order valence-corrected chi connectivity index (χ3v) is 4.93. The average molecular weight is 416 g/mol. The predicted molar refractivity (Wildman–Crippen MR) is 119 cm³/mol. The second kappa shape index (κ2) is 8.87. The number of pyridine rings is 1. The monoisotopic (exact) mass is 416 g/mol. The molecule has 0 saturated heterocycles. The molecule has 0 fully saturated rings. The number of aromatic nitrogens is 4. The van der Waals surface area contributed by atoms with Gasteiger partial charge in [-0.3, -0.25) is 4.57 Å². The van der Waals surface area contributed by atoms with Crippen LogP contribution in [0.5, 0.6) is 17.5 Å². The van der Waals surface area contributed by atoms with Crippen molar-refractivity contribution >= 4 is 0 Å². The molecule has 2 aromatic heterocycles. The van der Waals surface area contributed by atoms with E-state index >= 15 is 0 Å². The summed E-state index contributed by atoms with van der Waals surface area (Å²) in [5.41, 5.74) is 3.78. The molecule has 0 unspecified atom stereocenters. The van der Waals surface area contributed by atoms with Gasteiger partial charge < -0.3 is 14.2 Å². The van der Waals surface area contributed by atoms with Crippen molar-refractivity contribution < 1.29 is 14.2 Å². The first-order valence-electron chi connectivity index (χ1n) is 10.00. The molecule has 7 nitrogen and oxygen atoms in total. The molecule has 0 aliphatic heterocycles. The van der Waals surface area contributed by atoms with Gasteiger partial charge in [-0.2, -0.15) is 4.98 Å². The molecule has 7 heteroatoms. The van der Waals surface area contributed by atoms with Gasteiger partial charge >= 0.3 is 0 Å². The summed E-state index contributed by atoms with van der Waals surface area (Å²) in [6.07, 6.45) is 0. The third-order valence-electron chi connectivity index (χ3n) is 4.93. The summed E-state index contributed by atoms with van der Waals surface area (Å²) < 4.78 is 18.5. The van der Waals surface area contributed by atoms with Gasteiger partial charge in [-0.15, -0.1) is 10.2 Å². The van der Waals surface area contributed by atoms with Gasteiger partial charge in [-0.25, -0.2) is 0 Å². The minimum Gasteiger partial charge on any atom is -0.496 e. The van der Waals surface area contributed by atoms with Crippen molar-refractivity contribution in [3.8, 4) is 45.7 Å². The van der Waals surface area contributed by atoms with E-state index in [4.69, 9.17) is 14.2 Å². The van der Waals surface area contributed by atoms with Crippen LogP contribution < -0.4 is 14.2 Å². The van der Waals surface area contributed by atoms with E-state index in [2.05, 4.69) is 27.3 Å². The summed E-state index contributed by atoms with van der Waals surface area (Å²) >= 11 is 0. The Morgan fingerprint density at radius 2 is 1.58 bits per heavy atom. The summed E-state index contributed by atoms with van der Waals surface area (Å²) in [5.74, 6) is 3.23. The number of benzene rings is 2. The van der Waals surface area contributed by atoms with E-state index in [1.165, 1.54) is 0 Å². The van der Waals surface area contributed by atoms with Crippen LogP contribution in [0.3, 0.4) is 0 Å². The fourth-order valence-electron chi connectivity index (χ4n) is 3.46. The van der Waals surface area contributed by atoms with Gasteiger partial charge in [0.2, 0.25) is 11.8 Å². The molecule has 0 N–H and O–H groups in total. The van der Waals surface area contributed by atoms with E-state index in [9.17, 15) is 0 Å². The lowest BCUT2D eigenvalue weighted by Crippen LogP contribution is -2.06. The lowest BCUT2D eigenvalue weighted by Gasteiger charge is -2.14. The number of ether oxygens (including phenoxy) is 3. The molecule has 158 valence electrons. The van der Waals surface area contributed by atoms with Crippen LogP contribution in [0.25, 0.3) is 28.2 Å². The highest BCUT2D eigenvalue weighted by Crippen LogP contribution is 2.33. The van der Waals surface area contributed by atoms with Crippen LogP contribution in [0.1, 0.15) is 12.7 Å². The molecule has 2 aromatic carbocycles. The van der Waals surface area contributed by atoms with Gasteiger partial charge in [0.05, 0.1) is 20.8 Å². The molecule has 0 saturated carbocycles. The van der Waals surface area contributed by atoms with Crippen molar-refractivity contribution in [1.29, 1.82) is 0 Å². The number of hydrogen-bond donors (Lipinski definition) is 0. The molecular weight excluding hydrogens is 392 g/mol. The second-order valence-electron chi connectivity index (χ2n) is 6.79. The highest BCUT2D eigenvalue weighted by Gasteiger charge is 2.18. The Hall–Kier alpha value is -3.87. The number of nitrogens with zero attached hydrogens (tertiary/aromatic N) is 4. The lowest BCUT2D eigenvalue weighted by atomic mass is 10.0. The molecule has 0 spiro atoms. The Balaban J connectivity index is 1.77. The normalized spacial score (nSPS) is 10.7. The van der Waals surface area contributed by atoms with Gasteiger partial charge in [0, 0.05) is 17.2 Å². The van der Waals surface area contributed by atoms with Crippen LogP contribution in [0.4, 0.5) is 0 Å². The Morgan fingerprint density at radius 3 is 2.29 bits per heavy atom. The van der Waals surface area contributed by atoms with Crippen LogP contribution >= 0.6 is 0 Å². The first-order valence-corrected chi connectivity index (χ1v) is 10.00. The van der Waals surface area contributed by atoms with Gasteiger partial charge in [-0.1, -0.05) is 42.5 Å². The van der Waals surface area contributed by atoms with E-state index in [-0.39, 0.29) is 0 Å². The van der Waals surface area contributed by atoms with E-state index in [1.54, 1.807) is 20.3 Å². The Kier molecular flexibility index (Phi) is 5.84. The zero-order valence-corrected chi connectivity index (χ0v) is 18.0. The van der Waals surface area contributed by atoms with Crippen molar-refractivity contribution in [2.24, 2.45) is 0 Å². The van der Waals surface area contributed by atoms with Crippen molar-refractivity contribution in [1.82, 2.24) is 19.7 Å². The quantitative estimate of drug-likeness (QED) is 0.434. The molecule has 0 aliphatic rings. The standard InChI is InChI=1S/C24H24N4O3/c1-5-31-24-20(14-15-22(25-24)30-4)28-16(2)26-27-23(28)18-12-10-17(11-13-18)19-8-6-7-9-21(19)29-3/h6-15H,5H2,1-4H3. The first kappa shape index (κ1) is 20.4. The van der Waals surface area contributed by atoms with E-state index < -0.39 is 0 Å². The summed E-state index contributed by atoms with van der Waals surface area (Å²) in [4.78, 5) is 4.45. The zero-order valence-electron chi connectivity index (χ0n) is 18.0. The number of hydrogen-bond acceptors (Lipinski definition) is 6. The Morgan fingerprint density at radius 1 is 0.839 bits per heavy atom. The molecule has 0 aliphatic carbocycles. The van der Waals surface area contributed by atoms with Gasteiger partial charge in [0.1, 0.15) is 17.3 Å². The maximum Gasteiger partial charge on any atom is 0.241 e. The largest absolute Gasteiger partial charge is 0.496 e. The van der Waals surface area contributed by atoms with Crippen molar-refractivity contribution in [3.63, 3.8) is 0 Å². The number of rotatable bonds is 7. The summed E-state index contributed by atoms with van der Waals surface area (Å²) in [7, 11) is 3.26. The maximum absolute atomic E-state index is 5.77. The minimum absolute atomic E-state index is 0.469. The lowest BCUT2D eigenvalue weighted by molar-refractivity contribution is 0.315. The molecule has 0 radical (unpaired) electrons. The highest BCUT2D eigenvalue weighted by atomic mass is 16.5. The Bertz CT molecular complexity index is 1190. The summed E-state index contributed by atoms with van der Waals surface area (Å²) in [6.45, 7) is 4.30. The molecule has 0 bridgehead atoms. The highest BCUT2D eigenvalue weighted by molar-refractivity contribution is 5.73. The van der Waals surface area contributed by atoms with Crippen LogP contribution in [-0.2, 0) is 0 Å². The number of methoxy groups -OCH3 is 2. The molecule has 4 aromatic rings. The van der Waals surface area contributed by atoms with Gasteiger partial charge in [-0.05, 0) is 31.5 Å². The summed E-state index contributed by atoms with van der Waals surface area (Å²) in [5, 5.41) is 8.72. The molecule has 31 heavy (non-hydrogen) atoms. The predicted octanol–water partition coefficient (Wildman–Crippen LogP) is 4.72. The Labute approximate surface area is 181 Å². The average Bonchev–Trinajstić information content (AvgIpc) is 3.20. The number of aryl methyl sites for hydroxylation is 1. The fourth-order valence-corrected chi connectivity index (χ4v) is 3.46. The third kappa shape index (κ3) is 3.94. The molecular formula is C24H24N4O3. The van der Waals surface area contributed by atoms with Crippen LogP contribution in [-0.4, -0.2) is 40.6 Å². The zero-order chi connectivity index (χ0) is 21.8. The molecule has 4 rings (SSSR count). The molecule has 0 amide bonds.